The lowest BCUT2D eigenvalue weighted by molar-refractivity contribution is 0.0369. The lowest BCUT2D eigenvalue weighted by Gasteiger charge is -2.15. The van der Waals surface area contributed by atoms with Crippen LogP contribution in [0, 0.1) is 22.1 Å². The maximum absolute atomic E-state index is 14.7. The van der Waals surface area contributed by atoms with Gasteiger partial charge >= 0.3 is 5.97 Å². The van der Waals surface area contributed by atoms with Gasteiger partial charge in [-0.05, 0) is 55.0 Å². The highest BCUT2D eigenvalue weighted by Crippen LogP contribution is 2.35. The second kappa shape index (κ2) is 7.51. The second-order valence-corrected chi connectivity index (χ2v) is 6.66. The van der Waals surface area contributed by atoms with Gasteiger partial charge in [-0.25, -0.2) is 18.6 Å². The lowest BCUT2D eigenvalue weighted by Crippen LogP contribution is -2.17. The molecule has 0 bridgehead atoms. The van der Waals surface area contributed by atoms with E-state index < -0.39 is 23.7 Å². The average Bonchev–Trinajstić information content (AvgIpc) is 2.53. The molecule has 8 heteroatoms. The largest absolute Gasteiger partial charge is 0.493 e. The molecule has 0 unspecified atom stereocenters. The molecule has 5 nitrogen and oxygen atoms in total. The van der Waals surface area contributed by atoms with Crippen molar-refractivity contribution in [1.29, 1.82) is 0 Å². The second-order valence-electron chi connectivity index (χ2n) is 5.58. The van der Waals surface area contributed by atoms with Gasteiger partial charge in [0, 0.05) is 5.56 Å². The van der Waals surface area contributed by atoms with Crippen LogP contribution >= 0.6 is 22.6 Å². The average molecular weight is 462 g/mol. The summed E-state index contributed by atoms with van der Waals surface area (Å²) in [6, 6.07) is 2.93. The summed E-state index contributed by atoms with van der Waals surface area (Å²) in [7, 11) is 1.31. The topological polar surface area (TPSA) is 74.4 Å². The number of benzene rings is 1. The number of aromatic nitrogens is 1. The van der Waals surface area contributed by atoms with E-state index in [9.17, 15) is 13.6 Å². The highest BCUT2D eigenvalue weighted by atomic mass is 127. The summed E-state index contributed by atoms with van der Waals surface area (Å²) < 4.78 is 39.5. The van der Waals surface area contributed by atoms with E-state index in [-0.39, 0.29) is 32.0 Å². The predicted octanol–water partition coefficient (Wildman–Crippen LogP) is 4.10. The smallest absolute Gasteiger partial charge is 0.358 e. The Hall–Kier alpha value is -1.97. The Morgan fingerprint density at radius 2 is 1.92 bits per heavy atom. The molecule has 0 spiro atoms. The van der Waals surface area contributed by atoms with Crippen molar-refractivity contribution in [2.24, 2.45) is 0 Å². The van der Waals surface area contributed by atoms with Crippen LogP contribution in [-0.2, 0) is 4.74 Å². The Morgan fingerprint density at radius 1 is 1.28 bits per heavy atom. The molecule has 2 N–H and O–H groups in total. The Bertz CT molecular complexity index is 841. The number of nitrogens with zero attached hydrogens (tertiary/aromatic N) is 1. The van der Waals surface area contributed by atoms with Gasteiger partial charge in [0.2, 0.25) is 0 Å². The molecule has 0 saturated carbocycles. The first-order chi connectivity index (χ1) is 11.7. The van der Waals surface area contributed by atoms with Crippen LogP contribution in [0.1, 0.15) is 29.9 Å². The number of hydrogen-bond donors (Lipinski definition) is 1. The normalized spacial score (nSPS) is 10.9. The van der Waals surface area contributed by atoms with E-state index in [0.29, 0.717) is 5.56 Å². The molecule has 0 saturated heterocycles. The molecule has 2 aromatic rings. The van der Waals surface area contributed by atoms with Crippen molar-refractivity contribution in [3.05, 3.63) is 38.6 Å². The van der Waals surface area contributed by atoms with Gasteiger partial charge < -0.3 is 15.2 Å². The molecule has 0 atom stereocenters. The number of carbonyl (C=O) groups excluding carboxylic acids is 1. The van der Waals surface area contributed by atoms with Crippen LogP contribution in [0.25, 0.3) is 11.3 Å². The van der Waals surface area contributed by atoms with Crippen LogP contribution in [0.5, 0.6) is 5.75 Å². The maximum atomic E-state index is 14.7. The summed E-state index contributed by atoms with van der Waals surface area (Å²) in [6.07, 6.45) is -0.393. The summed E-state index contributed by atoms with van der Waals surface area (Å²) in [4.78, 5) is 16.2. The number of nitrogens with two attached hydrogens (primary N) is 1. The number of nitrogen functional groups attached to an aromatic ring is 1. The van der Waals surface area contributed by atoms with Crippen molar-refractivity contribution < 1.29 is 23.0 Å². The van der Waals surface area contributed by atoms with Crippen molar-refractivity contribution in [3.8, 4) is 17.0 Å². The number of carbonyl (C=O) groups is 1. The Kier molecular flexibility index (Phi) is 5.81. The fraction of sp³-hybridized carbons (Fsp3) is 0.294. The van der Waals surface area contributed by atoms with E-state index in [1.807, 2.05) is 0 Å². The van der Waals surface area contributed by atoms with Crippen molar-refractivity contribution in [2.75, 3.05) is 12.8 Å². The standard InChI is InChI=1S/C17H17F2IN2O3/c1-7(2)25-17(23)15-12(20)13(21)11(19)14(22-15)9-6-5-8(3)16(24-4)10(9)18/h5-7H,1-4H3,(H2,21,22). The molecule has 134 valence electrons. The monoisotopic (exact) mass is 462 g/mol. The first kappa shape index (κ1) is 19.4. The third-order valence-electron chi connectivity index (χ3n) is 3.40. The van der Waals surface area contributed by atoms with E-state index in [0.717, 1.165) is 0 Å². The highest BCUT2D eigenvalue weighted by Gasteiger charge is 2.26. The number of hydrogen-bond acceptors (Lipinski definition) is 5. The van der Waals surface area contributed by atoms with E-state index >= 15 is 0 Å². The van der Waals surface area contributed by atoms with Crippen LogP contribution < -0.4 is 10.5 Å². The molecule has 0 fully saturated rings. The summed E-state index contributed by atoms with van der Waals surface area (Å²) in [5.74, 6) is -2.47. The van der Waals surface area contributed by atoms with Crippen LogP contribution in [0.15, 0.2) is 12.1 Å². The van der Waals surface area contributed by atoms with Gasteiger partial charge in [0.15, 0.2) is 23.1 Å². The number of methoxy groups -OCH3 is 1. The minimum absolute atomic E-state index is 0.0258. The number of pyridine rings is 1. The fourth-order valence-corrected chi connectivity index (χ4v) is 2.81. The molecule has 25 heavy (non-hydrogen) atoms. The van der Waals surface area contributed by atoms with E-state index in [1.165, 1.54) is 13.2 Å². The zero-order chi connectivity index (χ0) is 18.9. The fourth-order valence-electron chi connectivity index (χ4n) is 2.23. The predicted molar refractivity (Wildman–Crippen MR) is 98.6 cm³/mol. The molecular weight excluding hydrogens is 445 g/mol. The van der Waals surface area contributed by atoms with Gasteiger partial charge in [0.25, 0.3) is 0 Å². The van der Waals surface area contributed by atoms with Gasteiger partial charge in [-0.1, -0.05) is 6.07 Å². The number of anilines is 1. The van der Waals surface area contributed by atoms with Gasteiger partial charge in [0.05, 0.1) is 22.5 Å². The first-order valence-electron chi connectivity index (χ1n) is 7.37. The number of halogens is 3. The van der Waals surface area contributed by atoms with Gasteiger partial charge in [-0.3, -0.25) is 0 Å². The zero-order valence-corrected chi connectivity index (χ0v) is 16.3. The quantitative estimate of drug-likeness (QED) is 0.548. The molecule has 2 rings (SSSR count). The number of ether oxygens (including phenoxy) is 2. The molecule has 0 radical (unpaired) electrons. The van der Waals surface area contributed by atoms with Crippen LogP contribution in [-0.4, -0.2) is 24.2 Å². The highest BCUT2D eigenvalue weighted by molar-refractivity contribution is 14.1. The third kappa shape index (κ3) is 3.68. The molecule has 0 aliphatic carbocycles. The molecule has 1 heterocycles. The number of esters is 1. The molecule has 1 aromatic heterocycles. The summed E-state index contributed by atoms with van der Waals surface area (Å²) in [6.45, 7) is 5.00. The Labute approximate surface area is 157 Å². The summed E-state index contributed by atoms with van der Waals surface area (Å²) in [5, 5.41) is 0. The van der Waals surface area contributed by atoms with Crippen LogP contribution in [0.4, 0.5) is 14.5 Å². The molecule has 0 amide bonds. The Morgan fingerprint density at radius 3 is 2.48 bits per heavy atom. The molecular formula is C17H17F2IN2O3. The van der Waals surface area contributed by atoms with Crippen LogP contribution in [0.3, 0.4) is 0 Å². The number of rotatable bonds is 4. The molecule has 0 aliphatic heterocycles. The van der Waals surface area contributed by atoms with Gasteiger partial charge in [-0.15, -0.1) is 0 Å². The lowest BCUT2D eigenvalue weighted by atomic mass is 10.1. The molecule has 1 aromatic carbocycles. The van der Waals surface area contributed by atoms with E-state index in [2.05, 4.69) is 4.98 Å². The van der Waals surface area contributed by atoms with Gasteiger partial charge in [0.1, 0.15) is 5.69 Å². The minimum atomic E-state index is -0.907. The van der Waals surface area contributed by atoms with Crippen molar-refractivity contribution in [2.45, 2.75) is 26.9 Å². The van der Waals surface area contributed by atoms with Crippen molar-refractivity contribution in [1.82, 2.24) is 4.98 Å². The molecule has 0 aliphatic rings. The third-order valence-corrected chi connectivity index (χ3v) is 4.49. The first-order valence-corrected chi connectivity index (χ1v) is 8.45. The van der Waals surface area contributed by atoms with Gasteiger partial charge in [-0.2, -0.15) is 0 Å². The Balaban J connectivity index is 2.71. The van der Waals surface area contributed by atoms with Crippen molar-refractivity contribution >= 4 is 34.2 Å². The minimum Gasteiger partial charge on any atom is -0.493 e. The zero-order valence-electron chi connectivity index (χ0n) is 14.1. The van der Waals surface area contributed by atoms with E-state index in [1.54, 1.807) is 49.4 Å². The van der Waals surface area contributed by atoms with E-state index in [4.69, 9.17) is 15.2 Å². The number of aryl methyl sites for hydroxylation is 1. The SMILES string of the molecule is COc1c(C)ccc(-c2nc(C(=O)OC(C)C)c(I)c(N)c2F)c1F. The van der Waals surface area contributed by atoms with Crippen molar-refractivity contribution in [3.63, 3.8) is 0 Å². The van der Waals surface area contributed by atoms with Crippen LogP contribution in [0.2, 0.25) is 0 Å². The summed E-state index contributed by atoms with van der Waals surface area (Å²) >= 11 is 1.71. The summed E-state index contributed by atoms with van der Waals surface area (Å²) in [5.41, 5.74) is 5.32. The maximum Gasteiger partial charge on any atom is 0.358 e.